The van der Waals surface area contributed by atoms with E-state index in [0.717, 1.165) is 25.7 Å². The first-order valence-electron chi connectivity index (χ1n) is 4.62. The molecule has 1 aliphatic rings. The molecule has 3 nitrogen and oxygen atoms in total. The number of carbonyl (C=O) groups is 1. The fourth-order valence-electron chi connectivity index (χ4n) is 1.49. The number of hydrogen-bond acceptors (Lipinski definition) is 3. The summed E-state index contributed by atoms with van der Waals surface area (Å²) < 4.78 is 4.62. The predicted octanol–water partition coefficient (Wildman–Crippen LogP) is 1.45. The molecule has 0 spiro atoms. The maximum absolute atomic E-state index is 11.0. The molecule has 12 heavy (non-hydrogen) atoms. The van der Waals surface area contributed by atoms with Gasteiger partial charge in [0.25, 0.3) is 0 Å². The first-order valence-corrected chi connectivity index (χ1v) is 4.62. The summed E-state index contributed by atoms with van der Waals surface area (Å²) in [7, 11) is 0. The summed E-state index contributed by atoms with van der Waals surface area (Å²) in [6.07, 6.45) is 3.88. The highest BCUT2D eigenvalue weighted by molar-refractivity contribution is 5.74. The number of aliphatic hydroxyl groups excluding tert-OH is 1. The van der Waals surface area contributed by atoms with Crippen molar-refractivity contribution in [2.75, 3.05) is 0 Å². The van der Waals surface area contributed by atoms with Crippen LogP contribution in [-0.2, 0) is 9.53 Å². The SMILES string of the molecule is CCCCCC1CC(O)OC1=O. The summed E-state index contributed by atoms with van der Waals surface area (Å²) in [6.45, 7) is 2.13. The van der Waals surface area contributed by atoms with Crippen LogP contribution < -0.4 is 0 Å². The summed E-state index contributed by atoms with van der Waals surface area (Å²) in [6, 6.07) is 0. The second-order valence-electron chi connectivity index (χ2n) is 3.32. The lowest BCUT2D eigenvalue weighted by Gasteiger charge is -2.02. The van der Waals surface area contributed by atoms with Crippen LogP contribution in [0.3, 0.4) is 0 Å². The van der Waals surface area contributed by atoms with Crippen LogP contribution in [0.1, 0.15) is 39.0 Å². The fourth-order valence-corrected chi connectivity index (χ4v) is 1.49. The van der Waals surface area contributed by atoms with Crippen molar-refractivity contribution in [2.24, 2.45) is 5.92 Å². The molecule has 2 atom stereocenters. The van der Waals surface area contributed by atoms with Gasteiger partial charge in [-0.25, -0.2) is 0 Å². The van der Waals surface area contributed by atoms with Crippen molar-refractivity contribution in [1.29, 1.82) is 0 Å². The van der Waals surface area contributed by atoms with Gasteiger partial charge in [-0.2, -0.15) is 0 Å². The van der Waals surface area contributed by atoms with Crippen LogP contribution in [0.2, 0.25) is 0 Å². The second-order valence-corrected chi connectivity index (χ2v) is 3.32. The maximum Gasteiger partial charge on any atom is 0.311 e. The van der Waals surface area contributed by atoms with Crippen LogP contribution >= 0.6 is 0 Å². The lowest BCUT2D eigenvalue weighted by atomic mass is 10.00. The standard InChI is InChI=1S/C9H16O3/c1-2-3-4-5-7-6-8(10)12-9(7)11/h7-8,10H,2-6H2,1H3. The van der Waals surface area contributed by atoms with E-state index in [2.05, 4.69) is 11.7 Å². The van der Waals surface area contributed by atoms with Gasteiger partial charge < -0.3 is 9.84 Å². The van der Waals surface area contributed by atoms with E-state index in [-0.39, 0.29) is 11.9 Å². The van der Waals surface area contributed by atoms with Crippen molar-refractivity contribution < 1.29 is 14.6 Å². The van der Waals surface area contributed by atoms with E-state index < -0.39 is 6.29 Å². The molecule has 0 radical (unpaired) electrons. The molecule has 0 bridgehead atoms. The number of esters is 1. The van der Waals surface area contributed by atoms with Gasteiger partial charge in [-0.15, -0.1) is 0 Å². The zero-order valence-electron chi connectivity index (χ0n) is 7.45. The van der Waals surface area contributed by atoms with Gasteiger partial charge in [0, 0.05) is 6.42 Å². The molecule has 0 saturated carbocycles. The van der Waals surface area contributed by atoms with Crippen molar-refractivity contribution in [3.63, 3.8) is 0 Å². The third kappa shape index (κ3) is 2.48. The van der Waals surface area contributed by atoms with E-state index in [4.69, 9.17) is 5.11 Å². The summed E-state index contributed by atoms with van der Waals surface area (Å²) in [5, 5.41) is 8.98. The smallest absolute Gasteiger partial charge is 0.311 e. The number of rotatable bonds is 4. The van der Waals surface area contributed by atoms with Crippen LogP contribution in [0.15, 0.2) is 0 Å². The average molecular weight is 172 g/mol. The normalized spacial score (nSPS) is 29.0. The minimum absolute atomic E-state index is 0.0495. The highest BCUT2D eigenvalue weighted by atomic mass is 16.6. The third-order valence-electron chi connectivity index (χ3n) is 2.23. The zero-order valence-corrected chi connectivity index (χ0v) is 7.45. The number of cyclic esters (lactones) is 1. The van der Waals surface area contributed by atoms with Crippen LogP contribution in [-0.4, -0.2) is 17.4 Å². The molecule has 0 amide bonds. The summed E-state index contributed by atoms with van der Waals surface area (Å²) in [5.41, 5.74) is 0. The zero-order chi connectivity index (χ0) is 8.97. The number of unbranched alkanes of at least 4 members (excludes halogenated alkanes) is 2. The molecule has 1 N–H and O–H groups in total. The van der Waals surface area contributed by atoms with Crippen LogP contribution in [0.5, 0.6) is 0 Å². The van der Waals surface area contributed by atoms with Crippen molar-refractivity contribution in [3.05, 3.63) is 0 Å². The molecule has 70 valence electrons. The van der Waals surface area contributed by atoms with Gasteiger partial charge in [0.15, 0.2) is 0 Å². The van der Waals surface area contributed by atoms with Gasteiger partial charge in [-0.05, 0) is 6.42 Å². The Hall–Kier alpha value is -0.570. The Morgan fingerprint density at radius 3 is 2.83 bits per heavy atom. The van der Waals surface area contributed by atoms with E-state index in [1.54, 1.807) is 0 Å². The minimum Gasteiger partial charge on any atom is -0.436 e. The molecule has 1 heterocycles. The molecule has 0 aromatic heterocycles. The van der Waals surface area contributed by atoms with Gasteiger partial charge in [-0.1, -0.05) is 26.2 Å². The first-order chi connectivity index (χ1) is 5.74. The van der Waals surface area contributed by atoms with Crippen LogP contribution in [0.25, 0.3) is 0 Å². The Balaban J connectivity index is 2.19. The molecule has 0 aromatic rings. The van der Waals surface area contributed by atoms with Crippen LogP contribution in [0.4, 0.5) is 0 Å². The van der Waals surface area contributed by atoms with Gasteiger partial charge in [0.2, 0.25) is 6.29 Å². The van der Waals surface area contributed by atoms with E-state index in [0.29, 0.717) is 6.42 Å². The lowest BCUT2D eigenvalue weighted by Crippen LogP contribution is -2.07. The molecular weight excluding hydrogens is 156 g/mol. The fraction of sp³-hybridized carbons (Fsp3) is 0.889. The summed E-state index contributed by atoms with van der Waals surface area (Å²) in [5.74, 6) is -0.273. The molecule has 1 saturated heterocycles. The molecule has 1 rings (SSSR count). The minimum atomic E-state index is -0.843. The lowest BCUT2D eigenvalue weighted by molar-refractivity contribution is -0.155. The number of hydrogen-bond donors (Lipinski definition) is 1. The largest absolute Gasteiger partial charge is 0.436 e. The van der Waals surface area contributed by atoms with Crippen molar-refractivity contribution >= 4 is 5.97 Å². The second kappa shape index (κ2) is 4.45. The van der Waals surface area contributed by atoms with Crippen molar-refractivity contribution in [2.45, 2.75) is 45.3 Å². The highest BCUT2D eigenvalue weighted by Gasteiger charge is 2.32. The average Bonchev–Trinajstić information content (AvgIpc) is 2.31. The van der Waals surface area contributed by atoms with E-state index in [9.17, 15) is 4.79 Å². The number of aliphatic hydroxyl groups is 1. The Bertz CT molecular complexity index is 156. The van der Waals surface area contributed by atoms with Gasteiger partial charge in [-0.3, -0.25) is 4.79 Å². The topological polar surface area (TPSA) is 46.5 Å². The Labute approximate surface area is 72.7 Å². The molecule has 0 aromatic carbocycles. The number of ether oxygens (including phenoxy) is 1. The molecule has 2 unspecified atom stereocenters. The first kappa shape index (κ1) is 9.52. The summed E-state index contributed by atoms with van der Waals surface area (Å²) in [4.78, 5) is 11.0. The van der Waals surface area contributed by atoms with Crippen molar-refractivity contribution in [1.82, 2.24) is 0 Å². The van der Waals surface area contributed by atoms with Crippen molar-refractivity contribution in [3.8, 4) is 0 Å². The molecule has 1 fully saturated rings. The van der Waals surface area contributed by atoms with E-state index in [1.165, 1.54) is 0 Å². The van der Waals surface area contributed by atoms with Gasteiger partial charge in [0.05, 0.1) is 5.92 Å². The third-order valence-corrected chi connectivity index (χ3v) is 2.23. The Morgan fingerprint density at radius 2 is 2.33 bits per heavy atom. The molecule has 0 aliphatic carbocycles. The molecule has 3 heteroatoms. The monoisotopic (exact) mass is 172 g/mol. The quantitative estimate of drug-likeness (QED) is 0.515. The Kier molecular flexibility index (Phi) is 3.53. The van der Waals surface area contributed by atoms with E-state index in [1.807, 2.05) is 0 Å². The molecular formula is C9H16O3. The highest BCUT2D eigenvalue weighted by Crippen LogP contribution is 2.24. The number of carbonyl (C=O) groups excluding carboxylic acids is 1. The van der Waals surface area contributed by atoms with E-state index >= 15 is 0 Å². The molecule has 1 aliphatic heterocycles. The maximum atomic E-state index is 11.0. The summed E-state index contributed by atoms with van der Waals surface area (Å²) >= 11 is 0. The van der Waals surface area contributed by atoms with Gasteiger partial charge >= 0.3 is 5.97 Å². The predicted molar refractivity (Wildman–Crippen MR) is 44.3 cm³/mol. The van der Waals surface area contributed by atoms with Crippen LogP contribution in [0, 0.1) is 5.92 Å². The Morgan fingerprint density at radius 1 is 1.58 bits per heavy atom. The van der Waals surface area contributed by atoms with Gasteiger partial charge in [0.1, 0.15) is 0 Å².